The van der Waals surface area contributed by atoms with Gasteiger partial charge in [0, 0.05) is 17.9 Å². The van der Waals surface area contributed by atoms with Crippen molar-refractivity contribution in [2.24, 2.45) is 5.92 Å². The van der Waals surface area contributed by atoms with Gasteiger partial charge in [-0.2, -0.15) is 5.06 Å². The molecule has 1 aromatic carbocycles. The number of rotatable bonds is 8. The van der Waals surface area contributed by atoms with E-state index < -0.39 is 41.0 Å². The summed E-state index contributed by atoms with van der Waals surface area (Å²) in [7, 11) is 2.54. The van der Waals surface area contributed by atoms with Gasteiger partial charge in [0.15, 0.2) is 18.0 Å². The SMILES string of the molecule is CCC1(C)CC2(OC(C(=O)OC)C(C(=O)OC)O2)C(C)C(C)(CC)N1OCCc1ccccc1. The summed E-state index contributed by atoms with van der Waals surface area (Å²) in [6, 6.07) is 10.2. The quantitative estimate of drug-likeness (QED) is 0.525. The van der Waals surface area contributed by atoms with Gasteiger partial charge in [0.2, 0.25) is 0 Å². The maximum Gasteiger partial charge on any atom is 0.338 e. The van der Waals surface area contributed by atoms with Crippen LogP contribution in [0.5, 0.6) is 0 Å². The lowest BCUT2D eigenvalue weighted by molar-refractivity contribution is -0.369. The minimum Gasteiger partial charge on any atom is -0.467 e. The summed E-state index contributed by atoms with van der Waals surface area (Å²) in [5, 5.41) is 2.12. The highest BCUT2D eigenvalue weighted by Gasteiger charge is 2.67. The average molecular weight is 478 g/mol. The fourth-order valence-corrected chi connectivity index (χ4v) is 5.39. The molecule has 2 aliphatic rings. The number of carbonyl (C=O) groups is 2. The molecule has 0 aliphatic carbocycles. The van der Waals surface area contributed by atoms with E-state index in [1.165, 1.54) is 19.8 Å². The van der Waals surface area contributed by atoms with Crippen LogP contribution in [0.25, 0.3) is 0 Å². The van der Waals surface area contributed by atoms with Crippen LogP contribution in [-0.4, -0.2) is 66.9 Å². The topological polar surface area (TPSA) is 83.5 Å². The van der Waals surface area contributed by atoms with Crippen molar-refractivity contribution in [3.63, 3.8) is 0 Å². The maximum atomic E-state index is 12.5. The number of benzene rings is 1. The summed E-state index contributed by atoms with van der Waals surface area (Å²) in [4.78, 5) is 31.5. The van der Waals surface area contributed by atoms with E-state index in [1.807, 2.05) is 25.1 Å². The molecule has 2 heterocycles. The summed E-state index contributed by atoms with van der Waals surface area (Å²) < 4.78 is 22.5. The molecule has 2 aliphatic heterocycles. The van der Waals surface area contributed by atoms with Crippen molar-refractivity contribution in [3.05, 3.63) is 35.9 Å². The Morgan fingerprint density at radius 2 is 1.56 bits per heavy atom. The number of hydroxylamine groups is 2. The van der Waals surface area contributed by atoms with E-state index in [0.717, 1.165) is 19.3 Å². The van der Waals surface area contributed by atoms with E-state index in [2.05, 4.69) is 44.9 Å². The lowest BCUT2D eigenvalue weighted by Gasteiger charge is -2.61. The smallest absolute Gasteiger partial charge is 0.338 e. The molecule has 0 saturated carbocycles. The summed E-state index contributed by atoms with van der Waals surface area (Å²) in [6.45, 7) is 11.0. The molecule has 1 spiro atoms. The lowest BCUT2D eigenvalue weighted by Crippen LogP contribution is -2.71. The summed E-state index contributed by atoms with van der Waals surface area (Å²) in [6.07, 6.45) is 0.328. The van der Waals surface area contributed by atoms with Gasteiger partial charge >= 0.3 is 11.9 Å². The second-order valence-corrected chi connectivity index (χ2v) is 9.76. The zero-order chi connectivity index (χ0) is 25.1. The summed E-state index contributed by atoms with van der Waals surface area (Å²) in [5.41, 5.74) is 0.245. The van der Waals surface area contributed by atoms with E-state index in [1.54, 1.807) is 0 Å². The predicted molar refractivity (Wildman–Crippen MR) is 126 cm³/mol. The number of methoxy groups -OCH3 is 2. The van der Waals surface area contributed by atoms with Crippen molar-refractivity contribution in [1.82, 2.24) is 5.06 Å². The standard InChI is InChI=1S/C26H39NO7/c1-8-24(4)17-26(33-20(22(28)30-6)21(34-26)23(29)31-7)18(3)25(5,9-2)27(24)32-16-15-19-13-11-10-12-14-19/h10-14,18,20-21H,8-9,15-17H2,1-7H3. The molecule has 8 heteroatoms. The van der Waals surface area contributed by atoms with Crippen molar-refractivity contribution < 1.29 is 33.4 Å². The Kier molecular flexibility index (Phi) is 8.07. The third kappa shape index (κ3) is 4.61. The monoisotopic (exact) mass is 477 g/mol. The molecule has 8 nitrogen and oxygen atoms in total. The third-order valence-corrected chi connectivity index (χ3v) is 7.90. The minimum atomic E-state index is -1.19. The Morgan fingerprint density at radius 1 is 1.00 bits per heavy atom. The number of piperidine rings is 1. The Balaban J connectivity index is 1.92. The molecule has 0 radical (unpaired) electrons. The van der Waals surface area contributed by atoms with E-state index in [4.69, 9.17) is 23.8 Å². The van der Waals surface area contributed by atoms with Crippen molar-refractivity contribution in [2.75, 3.05) is 20.8 Å². The first-order valence-corrected chi connectivity index (χ1v) is 12.1. The van der Waals surface area contributed by atoms with Gasteiger partial charge in [-0.05, 0) is 38.7 Å². The van der Waals surface area contributed by atoms with Gasteiger partial charge in [-0.3, -0.25) is 4.84 Å². The first-order chi connectivity index (χ1) is 16.1. The molecule has 34 heavy (non-hydrogen) atoms. The number of ether oxygens (including phenoxy) is 4. The first kappa shape index (κ1) is 26.6. The Labute approximate surface area is 202 Å². The molecule has 190 valence electrons. The molecule has 0 aromatic heterocycles. The number of esters is 2. The summed E-state index contributed by atoms with van der Waals surface area (Å²) in [5.74, 6) is -2.72. The molecule has 0 N–H and O–H groups in total. The van der Waals surface area contributed by atoms with Crippen LogP contribution in [0.4, 0.5) is 0 Å². The zero-order valence-corrected chi connectivity index (χ0v) is 21.5. The molecule has 2 saturated heterocycles. The normalized spacial score (nSPS) is 35.9. The van der Waals surface area contributed by atoms with E-state index in [9.17, 15) is 9.59 Å². The highest BCUT2D eigenvalue weighted by atomic mass is 16.8. The predicted octanol–water partition coefficient (Wildman–Crippen LogP) is 3.67. The lowest BCUT2D eigenvalue weighted by atomic mass is 9.67. The number of carbonyl (C=O) groups excluding carboxylic acids is 2. The van der Waals surface area contributed by atoms with Gasteiger partial charge in [-0.15, -0.1) is 0 Å². The fourth-order valence-electron chi connectivity index (χ4n) is 5.39. The molecule has 5 atom stereocenters. The molecule has 3 rings (SSSR count). The van der Waals surface area contributed by atoms with Crippen molar-refractivity contribution in [1.29, 1.82) is 0 Å². The van der Waals surface area contributed by atoms with Crippen molar-refractivity contribution in [2.45, 2.75) is 89.4 Å². The van der Waals surface area contributed by atoms with Crippen LogP contribution in [0.2, 0.25) is 0 Å². The van der Waals surface area contributed by atoms with Gasteiger partial charge in [0.05, 0.1) is 26.4 Å². The number of hydrogen-bond acceptors (Lipinski definition) is 8. The van der Waals surface area contributed by atoms with Crippen LogP contribution in [-0.2, 0) is 39.8 Å². The molecule has 2 fully saturated rings. The zero-order valence-electron chi connectivity index (χ0n) is 21.5. The number of hydrogen-bond donors (Lipinski definition) is 0. The molecule has 5 unspecified atom stereocenters. The van der Waals surface area contributed by atoms with Crippen molar-refractivity contribution >= 4 is 11.9 Å². The van der Waals surface area contributed by atoms with Crippen LogP contribution in [0, 0.1) is 5.92 Å². The fraction of sp³-hybridized carbons (Fsp3) is 0.692. The van der Waals surface area contributed by atoms with Gasteiger partial charge in [0.25, 0.3) is 0 Å². The highest BCUT2D eigenvalue weighted by Crippen LogP contribution is 2.55. The van der Waals surface area contributed by atoms with Gasteiger partial charge < -0.3 is 18.9 Å². The van der Waals surface area contributed by atoms with Crippen LogP contribution < -0.4 is 0 Å². The van der Waals surface area contributed by atoms with Gasteiger partial charge in [0.1, 0.15) is 0 Å². The minimum absolute atomic E-state index is 0.233. The Morgan fingerprint density at radius 3 is 2.03 bits per heavy atom. The molecular formula is C26H39NO7. The molecule has 0 amide bonds. The molecular weight excluding hydrogens is 438 g/mol. The van der Waals surface area contributed by atoms with E-state index >= 15 is 0 Å². The second-order valence-electron chi connectivity index (χ2n) is 9.76. The first-order valence-electron chi connectivity index (χ1n) is 12.1. The van der Waals surface area contributed by atoms with Crippen LogP contribution >= 0.6 is 0 Å². The van der Waals surface area contributed by atoms with Gasteiger partial charge in [-0.1, -0.05) is 51.1 Å². The van der Waals surface area contributed by atoms with Crippen molar-refractivity contribution in [3.8, 4) is 0 Å². The molecule has 0 bridgehead atoms. The maximum absolute atomic E-state index is 12.5. The van der Waals surface area contributed by atoms with Crippen LogP contribution in [0.1, 0.15) is 59.4 Å². The highest BCUT2D eigenvalue weighted by molar-refractivity contribution is 5.86. The van der Waals surface area contributed by atoms with Crippen LogP contribution in [0.15, 0.2) is 30.3 Å². The number of nitrogens with zero attached hydrogens (tertiary/aromatic N) is 1. The van der Waals surface area contributed by atoms with Gasteiger partial charge in [-0.25, -0.2) is 9.59 Å². The van der Waals surface area contributed by atoms with Crippen LogP contribution in [0.3, 0.4) is 0 Å². The average Bonchev–Trinajstić information content (AvgIpc) is 3.24. The van der Waals surface area contributed by atoms with E-state index in [0.29, 0.717) is 13.0 Å². The summed E-state index contributed by atoms with van der Waals surface area (Å²) >= 11 is 0. The van der Waals surface area contributed by atoms with E-state index in [-0.39, 0.29) is 5.92 Å². The molecule has 1 aromatic rings. The Hall–Kier alpha value is -2.00. The Bertz CT molecular complexity index is 838. The second kappa shape index (κ2) is 10.3. The largest absolute Gasteiger partial charge is 0.467 e. The third-order valence-electron chi connectivity index (χ3n) is 7.90.